The predicted molar refractivity (Wildman–Crippen MR) is 128 cm³/mol. The van der Waals surface area contributed by atoms with Gasteiger partial charge in [0.15, 0.2) is 6.61 Å². The Kier molecular flexibility index (Phi) is 8.72. The minimum atomic E-state index is -0.491. The third kappa shape index (κ3) is 6.59. The summed E-state index contributed by atoms with van der Waals surface area (Å²) < 4.78 is 5.87. The highest BCUT2D eigenvalue weighted by molar-refractivity contribution is 5.88. The lowest BCUT2D eigenvalue weighted by atomic mass is 10.1. The SMILES string of the molecule is CC[C@H](C(=O)NC1CCCC1)N(CCc1ccccc1)C(=O)COc1ccc(C)cc1C. The van der Waals surface area contributed by atoms with Gasteiger partial charge in [-0.15, -0.1) is 0 Å². The summed E-state index contributed by atoms with van der Waals surface area (Å²) in [5.41, 5.74) is 3.30. The summed E-state index contributed by atoms with van der Waals surface area (Å²) in [5, 5.41) is 3.18. The van der Waals surface area contributed by atoms with E-state index in [1.807, 2.05) is 69.3 Å². The number of hydrogen-bond donors (Lipinski definition) is 1. The highest BCUT2D eigenvalue weighted by Gasteiger charge is 2.30. The first-order chi connectivity index (χ1) is 15.5. The van der Waals surface area contributed by atoms with Crippen LogP contribution in [0.1, 0.15) is 55.7 Å². The zero-order chi connectivity index (χ0) is 22.9. The number of carbonyl (C=O) groups is 2. The Hall–Kier alpha value is -2.82. The Labute approximate surface area is 192 Å². The van der Waals surface area contributed by atoms with E-state index in [0.29, 0.717) is 25.1 Å². The molecule has 0 heterocycles. The summed E-state index contributed by atoms with van der Waals surface area (Å²) in [7, 11) is 0. The lowest BCUT2D eigenvalue weighted by Gasteiger charge is -2.31. The zero-order valence-electron chi connectivity index (χ0n) is 19.6. The number of rotatable bonds is 10. The first-order valence-corrected chi connectivity index (χ1v) is 11.8. The number of amides is 2. The number of aryl methyl sites for hydroxylation is 2. The number of benzene rings is 2. The molecule has 1 N–H and O–H groups in total. The van der Waals surface area contributed by atoms with Gasteiger partial charge in [0.05, 0.1) is 0 Å². The van der Waals surface area contributed by atoms with Crippen LogP contribution in [0.15, 0.2) is 48.5 Å². The lowest BCUT2D eigenvalue weighted by molar-refractivity contribution is -0.142. The maximum Gasteiger partial charge on any atom is 0.261 e. The van der Waals surface area contributed by atoms with E-state index in [1.165, 1.54) is 0 Å². The van der Waals surface area contributed by atoms with E-state index < -0.39 is 6.04 Å². The van der Waals surface area contributed by atoms with Gasteiger partial charge in [-0.2, -0.15) is 0 Å². The van der Waals surface area contributed by atoms with Crippen LogP contribution >= 0.6 is 0 Å². The molecule has 1 aliphatic rings. The second-order valence-electron chi connectivity index (χ2n) is 8.79. The van der Waals surface area contributed by atoms with Gasteiger partial charge < -0.3 is 15.0 Å². The Morgan fingerprint density at radius 1 is 1.09 bits per heavy atom. The van der Waals surface area contributed by atoms with Crippen LogP contribution in [0.3, 0.4) is 0 Å². The quantitative estimate of drug-likeness (QED) is 0.593. The summed E-state index contributed by atoms with van der Waals surface area (Å²) in [5.74, 6) is 0.497. The minimum absolute atomic E-state index is 0.0488. The first-order valence-electron chi connectivity index (χ1n) is 11.8. The summed E-state index contributed by atoms with van der Waals surface area (Å²) in [4.78, 5) is 28.1. The van der Waals surface area contributed by atoms with E-state index in [4.69, 9.17) is 4.74 Å². The van der Waals surface area contributed by atoms with E-state index in [1.54, 1.807) is 4.90 Å². The van der Waals surface area contributed by atoms with Gasteiger partial charge >= 0.3 is 0 Å². The molecule has 5 heteroatoms. The standard InChI is InChI=1S/C27H36N2O3/c1-4-24(27(31)28-23-12-8-9-13-23)29(17-16-22-10-6-5-7-11-22)26(30)19-32-25-15-14-20(2)18-21(25)3/h5-7,10-11,14-15,18,23-24H,4,8-9,12-13,16-17,19H2,1-3H3,(H,28,31)/t24-/m1/s1. The largest absolute Gasteiger partial charge is 0.483 e. The molecule has 2 aromatic rings. The molecule has 3 rings (SSSR count). The van der Waals surface area contributed by atoms with Crippen molar-refractivity contribution in [1.29, 1.82) is 0 Å². The van der Waals surface area contributed by atoms with Crippen LogP contribution in [0.25, 0.3) is 0 Å². The van der Waals surface area contributed by atoms with E-state index >= 15 is 0 Å². The van der Waals surface area contributed by atoms with Crippen LogP contribution in [-0.2, 0) is 16.0 Å². The average Bonchev–Trinajstić information content (AvgIpc) is 3.29. The molecule has 1 atom stereocenters. The Morgan fingerprint density at radius 3 is 2.47 bits per heavy atom. The zero-order valence-corrected chi connectivity index (χ0v) is 19.6. The molecule has 0 bridgehead atoms. The van der Waals surface area contributed by atoms with Gasteiger partial charge in [0.2, 0.25) is 5.91 Å². The Bertz CT molecular complexity index is 891. The number of hydrogen-bond acceptors (Lipinski definition) is 3. The van der Waals surface area contributed by atoms with E-state index in [9.17, 15) is 9.59 Å². The van der Waals surface area contributed by atoms with E-state index in [-0.39, 0.29) is 24.5 Å². The molecule has 0 saturated heterocycles. The van der Waals surface area contributed by atoms with Gasteiger partial charge in [-0.1, -0.05) is 67.8 Å². The van der Waals surface area contributed by atoms with Crippen molar-refractivity contribution < 1.29 is 14.3 Å². The molecule has 32 heavy (non-hydrogen) atoms. The van der Waals surface area contributed by atoms with Gasteiger partial charge in [-0.25, -0.2) is 0 Å². The van der Waals surface area contributed by atoms with Crippen LogP contribution in [0.5, 0.6) is 5.75 Å². The van der Waals surface area contributed by atoms with Crippen molar-refractivity contribution in [1.82, 2.24) is 10.2 Å². The summed E-state index contributed by atoms with van der Waals surface area (Å²) >= 11 is 0. The molecule has 0 aliphatic heterocycles. The van der Waals surface area contributed by atoms with Gasteiger partial charge in [0.1, 0.15) is 11.8 Å². The minimum Gasteiger partial charge on any atom is -0.483 e. The van der Waals surface area contributed by atoms with Crippen molar-refractivity contribution in [3.05, 3.63) is 65.2 Å². The molecule has 0 unspecified atom stereocenters. The van der Waals surface area contributed by atoms with E-state index in [0.717, 1.165) is 42.4 Å². The maximum absolute atomic E-state index is 13.3. The monoisotopic (exact) mass is 436 g/mol. The molecule has 1 aliphatic carbocycles. The van der Waals surface area contributed by atoms with Crippen LogP contribution in [-0.4, -0.2) is 41.9 Å². The molecule has 0 aromatic heterocycles. The lowest BCUT2D eigenvalue weighted by Crippen LogP contribution is -2.53. The van der Waals surface area contributed by atoms with Gasteiger partial charge in [-0.05, 0) is 56.7 Å². The van der Waals surface area contributed by atoms with E-state index in [2.05, 4.69) is 5.32 Å². The predicted octanol–water partition coefficient (Wildman–Crippen LogP) is 4.59. The third-order valence-electron chi connectivity index (χ3n) is 6.25. The second kappa shape index (κ2) is 11.7. The number of nitrogens with one attached hydrogen (secondary N) is 1. The molecule has 0 radical (unpaired) electrons. The van der Waals surface area contributed by atoms with Crippen LogP contribution < -0.4 is 10.1 Å². The third-order valence-corrected chi connectivity index (χ3v) is 6.25. The number of carbonyl (C=O) groups excluding carboxylic acids is 2. The maximum atomic E-state index is 13.3. The highest BCUT2D eigenvalue weighted by Crippen LogP contribution is 2.20. The van der Waals surface area contributed by atoms with Gasteiger partial charge in [-0.3, -0.25) is 9.59 Å². The molecular formula is C27H36N2O3. The van der Waals surface area contributed by atoms with Crippen LogP contribution in [0.2, 0.25) is 0 Å². The van der Waals surface area contributed by atoms with Crippen LogP contribution in [0, 0.1) is 13.8 Å². The molecular weight excluding hydrogens is 400 g/mol. The normalized spacial score (nSPS) is 14.7. The molecule has 1 saturated carbocycles. The van der Waals surface area contributed by atoms with Crippen molar-refractivity contribution in [3.8, 4) is 5.75 Å². The van der Waals surface area contributed by atoms with Crippen LogP contribution in [0.4, 0.5) is 0 Å². The van der Waals surface area contributed by atoms with Crippen molar-refractivity contribution >= 4 is 11.8 Å². The number of nitrogens with zero attached hydrogens (tertiary/aromatic N) is 1. The fourth-order valence-electron chi connectivity index (χ4n) is 4.45. The fourth-order valence-corrected chi connectivity index (χ4v) is 4.45. The van der Waals surface area contributed by atoms with Gasteiger partial charge in [0.25, 0.3) is 5.91 Å². The molecule has 1 fully saturated rings. The fraction of sp³-hybridized carbons (Fsp3) is 0.481. The average molecular weight is 437 g/mol. The topological polar surface area (TPSA) is 58.6 Å². The van der Waals surface area contributed by atoms with Crippen molar-refractivity contribution in [2.24, 2.45) is 0 Å². The molecule has 172 valence electrons. The molecule has 2 aromatic carbocycles. The summed E-state index contributed by atoms with van der Waals surface area (Å²) in [6.45, 7) is 6.38. The molecule has 2 amide bonds. The van der Waals surface area contributed by atoms with Gasteiger partial charge in [0, 0.05) is 12.6 Å². The first kappa shape index (κ1) is 23.8. The summed E-state index contributed by atoms with van der Waals surface area (Å²) in [6, 6.07) is 15.7. The molecule has 0 spiro atoms. The smallest absolute Gasteiger partial charge is 0.261 e. The van der Waals surface area contributed by atoms with Crippen molar-refractivity contribution in [2.75, 3.05) is 13.2 Å². The Balaban J connectivity index is 1.71. The Morgan fingerprint density at radius 2 is 1.81 bits per heavy atom. The second-order valence-corrected chi connectivity index (χ2v) is 8.79. The summed E-state index contributed by atoms with van der Waals surface area (Å²) in [6.07, 6.45) is 5.63. The highest BCUT2D eigenvalue weighted by atomic mass is 16.5. The molecule has 5 nitrogen and oxygen atoms in total. The van der Waals surface area contributed by atoms with Crippen molar-refractivity contribution in [3.63, 3.8) is 0 Å². The van der Waals surface area contributed by atoms with Crippen molar-refractivity contribution in [2.45, 2.75) is 71.4 Å². The number of ether oxygens (including phenoxy) is 1.